The Labute approximate surface area is 145 Å². The van der Waals surface area contributed by atoms with Crippen molar-refractivity contribution in [3.8, 4) is 0 Å². The molecule has 6 heteroatoms. The highest BCUT2D eigenvalue weighted by atomic mass is 32.1. The highest BCUT2D eigenvalue weighted by molar-refractivity contribution is 7.18. The van der Waals surface area contributed by atoms with Crippen molar-refractivity contribution in [2.75, 3.05) is 0 Å². The van der Waals surface area contributed by atoms with E-state index in [1.54, 1.807) is 18.3 Å². The van der Waals surface area contributed by atoms with E-state index < -0.39 is 6.04 Å². The molecule has 3 atom stereocenters. The summed E-state index contributed by atoms with van der Waals surface area (Å²) in [6.07, 6.45) is 5.12. The van der Waals surface area contributed by atoms with Crippen LogP contribution in [-0.4, -0.2) is 21.6 Å². The molecule has 0 spiro atoms. The minimum Gasteiger partial charge on any atom is -0.461 e. The number of hydrogen-bond acceptors (Lipinski definition) is 5. The quantitative estimate of drug-likeness (QED) is 0.794. The van der Waals surface area contributed by atoms with Crippen molar-refractivity contribution >= 4 is 27.5 Å². The fraction of sp³-hybridized carbons (Fsp3) is 0.611. The molecule has 3 rings (SSSR count). The Balaban J connectivity index is 2.00. The van der Waals surface area contributed by atoms with Crippen LogP contribution in [0.1, 0.15) is 57.0 Å². The van der Waals surface area contributed by atoms with E-state index in [2.05, 4.69) is 11.9 Å². The third-order valence-corrected chi connectivity index (χ3v) is 6.05. The monoisotopic (exact) mass is 348 g/mol. The van der Waals surface area contributed by atoms with E-state index in [0.717, 1.165) is 36.1 Å². The second kappa shape index (κ2) is 6.67. The number of carbonyl (C=O) groups excluding carboxylic acids is 1. The van der Waals surface area contributed by atoms with Crippen molar-refractivity contribution in [3.05, 3.63) is 27.1 Å². The van der Waals surface area contributed by atoms with E-state index in [-0.39, 0.29) is 17.6 Å². The minimum absolute atomic E-state index is 0.124. The number of rotatable bonds is 4. The van der Waals surface area contributed by atoms with Gasteiger partial charge in [0.25, 0.3) is 5.56 Å². The van der Waals surface area contributed by atoms with Gasteiger partial charge in [-0.15, -0.1) is 11.3 Å². The standard InChI is InChI=1S/C18H24N2O3S/c1-5-11(3)23-18(22)12(4)20-9-19-16-15(17(20)21)13-7-6-10(2)8-14(13)24-16/h9-12H,5-8H2,1-4H3/t10-,11-,12+/m0/s1. The molecule has 0 saturated heterocycles. The summed E-state index contributed by atoms with van der Waals surface area (Å²) < 4.78 is 6.78. The van der Waals surface area contributed by atoms with Gasteiger partial charge in [-0.1, -0.05) is 13.8 Å². The van der Waals surface area contributed by atoms with E-state index in [0.29, 0.717) is 11.3 Å². The molecule has 2 aromatic heterocycles. The van der Waals surface area contributed by atoms with E-state index in [4.69, 9.17) is 4.74 Å². The summed E-state index contributed by atoms with van der Waals surface area (Å²) in [7, 11) is 0. The van der Waals surface area contributed by atoms with Gasteiger partial charge < -0.3 is 4.74 Å². The van der Waals surface area contributed by atoms with Crippen LogP contribution < -0.4 is 5.56 Å². The summed E-state index contributed by atoms with van der Waals surface area (Å²) in [6, 6.07) is -0.665. The zero-order valence-corrected chi connectivity index (χ0v) is 15.5. The summed E-state index contributed by atoms with van der Waals surface area (Å²) in [5.74, 6) is 0.266. The van der Waals surface area contributed by atoms with Crippen molar-refractivity contribution < 1.29 is 9.53 Å². The molecule has 1 aliphatic rings. The molecule has 130 valence electrons. The van der Waals surface area contributed by atoms with Crippen molar-refractivity contribution in [2.24, 2.45) is 5.92 Å². The number of nitrogens with zero attached hydrogens (tertiary/aromatic N) is 2. The second-order valence-electron chi connectivity index (χ2n) is 6.82. The average Bonchev–Trinajstić information content (AvgIpc) is 2.92. The number of aryl methyl sites for hydroxylation is 1. The summed E-state index contributed by atoms with van der Waals surface area (Å²) in [5.41, 5.74) is 1.02. The molecule has 2 heterocycles. The van der Waals surface area contributed by atoms with E-state index in [9.17, 15) is 9.59 Å². The molecule has 24 heavy (non-hydrogen) atoms. The van der Waals surface area contributed by atoms with Crippen molar-refractivity contribution in [1.29, 1.82) is 0 Å². The molecule has 0 bridgehead atoms. The van der Waals surface area contributed by atoms with Gasteiger partial charge in [0.2, 0.25) is 0 Å². The molecule has 0 aliphatic heterocycles. The van der Waals surface area contributed by atoms with Crippen molar-refractivity contribution in [3.63, 3.8) is 0 Å². The number of hydrogen-bond donors (Lipinski definition) is 0. The van der Waals surface area contributed by atoms with Crippen molar-refractivity contribution in [2.45, 2.75) is 65.5 Å². The molecular weight excluding hydrogens is 324 g/mol. The smallest absolute Gasteiger partial charge is 0.329 e. The normalized spacial score (nSPS) is 19.8. The highest BCUT2D eigenvalue weighted by Gasteiger charge is 2.26. The number of ether oxygens (including phenoxy) is 1. The molecule has 0 unspecified atom stereocenters. The minimum atomic E-state index is -0.665. The van der Waals surface area contributed by atoms with Crippen LogP contribution in [0.4, 0.5) is 0 Å². The van der Waals surface area contributed by atoms with Gasteiger partial charge in [0.15, 0.2) is 0 Å². The molecule has 0 aromatic carbocycles. The van der Waals surface area contributed by atoms with Gasteiger partial charge in [0, 0.05) is 4.88 Å². The van der Waals surface area contributed by atoms with E-state index in [1.165, 1.54) is 15.8 Å². The topological polar surface area (TPSA) is 61.2 Å². The van der Waals surface area contributed by atoms with Gasteiger partial charge in [-0.05, 0) is 51.0 Å². The summed E-state index contributed by atoms with van der Waals surface area (Å²) in [4.78, 5) is 31.7. The predicted molar refractivity (Wildman–Crippen MR) is 95.6 cm³/mol. The Kier molecular flexibility index (Phi) is 4.76. The lowest BCUT2D eigenvalue weighted by Crippen LogP contribution is -2.31. The van der Waals surface area contributed by atoms with Gasteiger partial charge in [-0.2, -0.15) is 0 Å². The van der Waals surface area contributed by atoms with Crippen LogP contribution in [-0.2, 0) is 22.4 Å². The Bertz CT molecular complexity index is 824. The average molecular weight is 348 g/mol. The number of aromatic nitrogens is 2. The van der Waals surface area contributed by atoms with Gasteiger partial charge >= 0.3 is 5.97 Å². The molecule has 0 amide bonds. The fourth-order valence-corrected chi connectivity index (χ4v) is 4.45. The predicted octanol–water partition coefficient (Wildman–Crippen LogP) is 3.49. The van der Waals surface area contributed by atoms with E-state index >= 15 is 0 Å². The lowest BCUT2D eigenvalue weighted by Gasteiger charge is -2.18. The Morgan fingerprint density at radius 1 is 1.50 bits per heavy atom. The molecule has 0 N–H and O–H groups in total. The number of carbonyl (C=O) groups is 1. The van der Waals surface area contributed by atoms with Crippen LogP contribution in [0.3, 0.4) is 0 Å². The summed E-state index contributed by atoms with van der Waals surface area (Å²) >= 11 is 1.62. The summed E-state index contributed by atoms with van der Waals surface area (Å²) in [6.45, 7) is 7.75. The van der Waals surface area contributed by atoms with Crippen LogP contribution in [0.2, 0.25) is 0 Å². The fourth-order valence-electron chi connectivity index (χ4n) is 3.11. The molecule has 0 fully saturated rings. The maximum absolute atomic E-state index is 13.0. The SMILES string of the molecule is CC[C@H](C)OC(=O)[C@@H](C)n1cnc2sc3c(c2c1=O)CC[C@H](C)C3. The van der Waals surface area contributed by atoms with Gasteiger partial charge in [0.05, 0.1) is 17.8 Å². The Morgan fingerprint density at radius 3 is 2.96 bits per heavy atom. The molecule has 2 aromatic rings. The number of thiophene rings is 1. The first-order valence-electron chi connectivity index (χ1n) is 8.64. The van der Waals surface area contributed by atoms with Crippen LogP contribution in [0.15, 0.2) is 11.1 Å². The first-order valence-corrected chi connectivity index (χ1v) is 9.45. The number of esters is 1. The Hall–Kier alpha value is -1.69. The second-order valence-corrected chi connectivity index (χ2v) is 7.90. The lowest BCUT2D eigenvalue weighted by molar-refractivity contribution is -0.152. The third kappa shape index (κ3) is 2.99. The van der Waals surface area contributed by atoms with Gasteiger partial charge in [-0.25, -0.2) is 9.78 Å². The van der Waals surface area contributed by atoms with Crippen LogP contribution in [0.25, 0.3) is 10.2 Å². The lowest BCUT2D eigenvalue weighted by atomic mass is 9.89. The molecule has 1 aliphatic carbocycles. The zero-order chi connectivity index (χ0) is 17.4. The molecule has 0 radical (unpaired) electrons. The zero-order valence-electron chi connectivity index (χ0n) is 14.7. The maximum Gasteiger partial charge on any atom is 0.329 e. The van der Waals surface area contributed by atoms with Crippen molar-refractivity contribution in [1.82, 2.24) is 9.55 Å². The van der Waals surface area contributed by atoms with Gasteiger partial charge in [-0.3, -0.25) is 9.36 Å². The molecule has 5 nitrogen and oxygen atoms in total. The largest absolute Gasteiger partial charge is 0.461 e. The Morgan fingerprint density at radius 2 is 2.25 bits per heavy atom. The van der Waals surface area contributed by atoms with E-state index in [1.807, 2.05) is 13.8 Å². The van der Waals surface area contributed by atoms with Crippen LogP contribution >= 0.6 is 11.3 Å². The van der Waals surface area contributed by atoms with Crippen LogP contribution in [0.5, 0.6) is 0 Å². The molecular formula is C18H24N2O3S. The number of fused-ring (bicyclic) bond motifs is 3. The first-order chi connectivity index (χ1) is 11.4. The van der Waals surface area contributed by atoms with Gasteiger partial charge in [0.1, 0.15) is 10.9 Å². The third-order valence-electron chi connectivity index (χ3n) is 4.89. The van der Waals surface area contributed by atoms with Crippen LogP contribution in [0, 0.1) is 5.92 Å². The first kappa shape index (κ1) is 17.1. The summed E-state index contributed by atoms with van der Waals surface area (Å²) in [5, 5.41) is 0.701. The highest BCUT2D eigenvalue weighted by Crippen LogP contribution is 2.35. The molecule has 0 saturated carbocycles. The maximum atomic E-state index is 13.0.